The van der Waals surface area contributed by atoms with Gasteiger partial charge in [-0.1, -0.05) is 12.1 Å². The number of piperidine rings is 1. The van der Waals surface area contributed by atoms with Crippen LogP contribution in [0.1, 0.15) is 12.8 Å². The molecule has 0 radical (unpaired) electrons. The molecule has 0 amide bonds. The first-order valence-corrected chi connectivity index (χ1v) is 6.80. The largest absolute Gasteiger partial charge is 0.381 e. The Balaban J connectivity index is 0.00000147. The fraction of sp³-hybridized carbons (Fsp3) is 0.429. The third-order valence-electron chi connectivity index (χ3n) is 3.61. The van der Waals surface area contributed by atoms with E-state index in [4.69, 9.17) is 5.73 Å². The highest BCUT2D eigenvalue weighted by atomic mass is 35.5. The van der Waals surface area contributed by atoms with Crippen LogP contribution in [0.3, 0.4) is 0 Å². The van der Waals surface area contributed by atoms with Gasteiger partial charge in [-0.2, -0.15) is 0 Å². The van der Waals surface area contributed by atoms with Crippen molar-refractivity contribution in [3.63, 3.8) is 0 Å². The Morgan fingerprint density at radius 1 is 1.15 bits per heavy atom. The van der Waals surface area contributed by atoms with Crippen LogP contribution >= 0.6 is 12.4 Å². The number of rotatable bonds is 3. The second-order valence-electron chi connectivity index (χ2n) is 5.02. The molecular formula is C14H20ClN5. The molecule has 0 spiro atoms. The van der Waals surface area contributed by atoms with Crippen molar-refractivity contribution >= 4 is 35.1 Å². The summed E-state index contributed by atoms with van der Waals surface area (Å²) in [7, 11) is 0. The van der Waals surface area contributed by atoms with Gasteiger partial charge >= 0.3 is 0 Å². The Bertz CT molecular complexity index is 568. The lowest BCUT2D eigenvalue weighted by atomic mass is 9.98. The zero-order valence-electron chi connectivity index (χ0n) is 11.3. The van der Waals surface area contributed by atoms with Gasteiger partial charge < -0.3 is 16.4 Å². The van der Waals surface area contributed by atoms with Crippen molar-refractivity contribution in [1.29, 1.82) is 0 Å². The molecule has 2 aromatic rings. The number of benzene rings is 1. The molecule has 1 saturated heterocycles. The topological polar surface area (TPSA) is 75.9 Å². The quantitative estimate of drug-likeness (QED) is 0.807. The lowest BCUT2D eigenvalue weighted by Crippen LogP contribution is -2.31. The second kappa shape index (κ2) is 6.72. The van der Waals surface area contributed by atoms with Gasteiger partial charge in [0.25, 0.3) is 0 Å². The van der Waals surface area contributed by atoms with E-state index in [1.807, 2.05) is 24.3 Å². The summed E-state index contributed by atoms with van der Waals surface area (Å²) in [6.07, 6.45) is 2.40. The molecule has 4 N–H and O–H groups in total. The number of fused-ring (bicyclic) bond motifs is 1. The number of anilines is 2. The Labute approximate surface area is 124 Å². The maximum Gasteiger partial charge on any atom is 0.169 e. The normalized spacial score (nSPS) is 15.8. The number of para-hydroxylation sites is 2. The van der Waals surface area contributed by atoms with Gasteiger partial charge in [-0.05, 0) is 44.0 Å². The van der Waals surface area contributed by atoms with Gasteiger partial charge in [0.1, 0.15) is 0 Å². The number of nitrogen functional groups attached to an aromatic ring is 1. The van der Waals surface area contributed by atoms with Gasteiger partial charge in [0, 0.05) is 6.54 Å². The molecule has 5 nitrogen and oxygen atoms in total. The van der Waals surface area contributed by atoms with Crippen LogP contribution in [0.4, 0.5) is 11.6 Å². The maximum atomic E-state index is 5.95. The average Bonchev–Trinajstić information content (AvgIpc) is 2.46. The van der Waals surface area contributed by atoms with Crippen LogP contribution in [0.15, 0.2) is 24.3 Å². The number of nitrogens with two attached hydrogens (primary N) is 1. The predicted molar refractivity (Wildman–Crippen MR) is 85.3 cm³/mol. The van der Waals surface area contributed by atoms with E-state index in [0.717, 1.165) is 30.7 Å². The molecule has 0 unspecified atom stereocenters. The second-order valence-corrected chi connectivity index (χ2v) is 5.02. The standard InChI is InChI=1S/C14H19N5.ClH/c15-13-14(17-9-10-5-7-16-8-6-10)19-12-4-2-1-3-11(12)18-13;/h1-4,10,16H,5-9H2,(H2,15,18)(H,17,19);1H. The van der Waals surface area contributed by atoms with Crippen LogP contribution < -0.4 is 16.4 Å². The molecule has 0 bridgehead atoms. The van der Waals surface area contributed by atoms with Crippen LogP contribution in [0.5, 0.6) is 0 Å². The molecule has 0 atom stereocenters. The SMILES string of the molecule is Cl.Nc1nc2ccccc2nc1NCC1CCNCC1. The van der Waals surface area contributed by atoms with E-state index in [9.17, 15) is 0 Å². The fourth-order valence-electron chi connectivity index (χ4n) is 2.47. The van der Waals surface area contributed by atoms with Crippen LogP contribution in [-0.2, 0) is 0 Å². The summed E-state index contributed by atoms with van der Waals surface area (Å²) in [5.74, 6) is 1.87. The minimum Gasteiger partial charge on any atom is -0.381 e. The van der Waals surface area contributed by atoms with E-state index >= 15 is 0 Å². The molecule has 2 heterocycles. The lowest BCUT2D eigenvalue weighted by Gasteiger charge is -2.23. The number of hydrogen-bond donors (Lipinski definition) is 3. The van der Waals surface area contributed by atoms with Crippen molar-refractivity contribution in [3.8, 4) is 0 Å². The molecular weight excluding hydrogens is 274 g/mol. The summed E-state index contributed by atoms with van der Waals surface area (Å²) in [5.41, 5.74) is 7.67. The predicted octanol–water partition coefficient (Wildman–Crippen LogP) is 2.05. The highest BCUT2D eigenvalue weighted by Gasteiger charge is 2.14. The van der Waals surface area contributed by atoms with Gasteiger partial charge in [-0.3, -0.25) is 0 Å². The number of nitrogens with zero attached hydrogens (tertiary/aromatic N) is 2. The number of aromatic nitrogens is 2. The molecule has 1 aromatic carbocycles. The Morgan fingerprint density at radius 2 is 1.80 bits per heavy atom. The third kappa shape index (κ3) is 3.29. The van der Waals surface area contributed by atoms with Crippen molar-refractivity contribution in [2.75, 3.05) is 30.7 Å². The molecule has 1 fully saturated rings. The molecule has 0 aliphatic carbocycles. The third-order valence-corrected chi connectivity index (χ3v) is 3.61. The molecule has 108 valence electrons. The van der Waals surface area contributed by atoms with Gasteiger partial charge in [0.05, 0.1) is 11.0 Å². The van der Waals surface area contributed by atoms with E-state index in [-0.39, 0.29) is 12.4 Å². The summed E-state index contributed by atoms with van der Waals surface area (Å²) >= 11 is 0. The first kappa shape index (κ1) is 14.8. The zero-order chi connectivity index (χ0) is 13.1. The molecule has 0 saturated carbocycles. The van der Waals surface area contributed by atoms with Gasteiger partial charge in [-0.15, -0.1) is 12.4 Å². The van der Waals surface area contributed by atoms with Crippen LogP contribution in [-0.4, -0.2) is 29.6 Å². The van der Waals surface area contributed by atoms with Gasteiger partial charge in [0.2, 0.25) is 0 Å². The summed E-state index contributed by atoms with van der Waals surface area (Å²) in [6, 6.07) is 7.79. The van der Waals surface area contributed by atoms with Gasteiger partial charge in [-0.25, -0.2) is 9.97 Å². The smallest absolute Gasteiger partial charge is 0.169 e. The fourth-order valence-corrected chi connectivity index (χ4v) is 2.47. The maximum absolute atomic E-state index is 5.95. The van der Waals surface area contributed by atoms with Gasteiger partial charge in [0.15, 0.2) is 11.6 Å². The lowest BCUT2D eigenvalue weighted by molar-refractivity contribution is 0.389. The van der Waals surface area contributed by atoms with E-state index in [1.54, 1.807) is 0 Å². The van der Waals surface area contributed by atoms with E-state index in [1.165, 1.54) is 12.8 Å². The van der Waals surface area contributed by atoms with Crippen LogP contribution in [0.25, 0.3) is 11.0 Å². The first-order valence-electron chi connectivity index (χ1n) is 6.80. The number of nitrogens with one attached hydrogen (secondary N) is 2. The molecule has 6 heteroatoms. The van der Waals surface area contributed by atoms with E-state index in [2.05, 4.69) is 20.6 Å². The number of halogens is 1. The zero-order valence-corrected chi connectivity index (χ0v) is 12.1. The Kier molecular flexibility index (Phi) is 4.98. The van der Waals surface area contributed by atoms with E-state index < -0.39 is 0 Å². The summed E-state index contributed by atoms with van der Waals surface area (Å²) < 4.78 is 0. The van der Waals surface area contributed by atoms with Crippen molar-refractivity contribution in [2.24, 2.45) is 5.92 Å². The average molecular weight is 294 g/mol. The highest BCUT2D eigenvalue weighted by molar-refractivity contribution is 5.85. The molecule has 1 aromatic heterocycles. The first-order chi connectivity index (χ1) is 9.33. The monoisotopic (exact) mass is 293 g/mol. The van der Waals surface area contributed by atoms with Crippen molar-refractivity contribution in [2.45, 2.75) is 12.8 Å². The minimum absolute atomic E-state index is 0. The summed E-state index contributed by atoms with van der Waals surface area (Å²) in [4.78, 5) is 8.92. The minimum atomic E-state index is 0. The number of hydrogen-bond acceptors (Lipinski definition) is 5. The molecule has 3 rings (SSSR count). The molecule has 1 aliphatic heterocycles. The van der Waals surface area contributed by atoms with E-state index in [0.29, 0.717) is 17.6 Å². The highest BCUT2D eigenvalue weighted by Crippen LogP contribution is 2.20. The molecule has 20 heavy (non-hydrogen) atoms. The van der Waals surface area contributed by atoms with Crippen LogP contribution in [0.2, 0.25) is 0 Å². The summed E-state index contributed by atoms with van der Waals surface area (Å²) in [6.45, 7) is 3.12. The van der Waals surface area contributed by atoms with Crippen molar-refractivity contribution in [3.05, 3.63) is 24.3 Å². The molecule has 1 aliphatic rings. The summed E-state index contributed by atoms with van der Waals surface area (Å²) in [5, 5.41) is 6.72. The Hall–Kier alpha value is -1.59. The van der Waals surface area contributed by atoms with Crippen LogP contribution in [0, 0.1) is 5.92 Å². The van der Waals surface area contributed by atoms with Crippen molar-refractivity contribution < 1.29 is 0 Å². The Morgan fingerprint density at radius 3 is 2.50 bits per heavy atom. The van der Waals surface area contributed by atoms with Crippen molar-refractivity contribution in [1.82, 2.24) is 15.3 Å².